The summed E-state index contributed by atoms with van der Waals surface area (Å²) in [5, 5.41) is 16.6. The van der Waals surface area contributed by atoms with Gasteiger partial charge in [-0.15, -0.1) is 5.10 Å². The molecular weight excluding hydrogens is 350 g/mol. The number of nitrogens with zero attached hydrogens (tertiary/aromatic N) is 2. The SMILES string of the molecule is CCCc1cccc(-c2cc(NCO)nn2-c2ccccc2)c1.C[C@H](N)CN. The lowest BCUT2D eigenvalue weighted by Crippen LogP contribution is -2.25. The van der Waals surface area contributed by atoms with Gasteiger partial charge >= 0.3 is 0 Å². The van der Waals surface area contributed by atoms with Gasteiger partial charge in [-0.25, -0.2) is 4.68 Å². The largest absolute Gasteiger partial charge is 0.377 e. The molecule has 0 spiro atoms. The second-order valence-electron chi connectivity index (χ2n) is 6.66. The molecule has 1 aromatic heterocycles. The minimum Gasteiger partial charge on any atom is -0.377 e. The Balaban J connectivity index is 0.000000500. The van der Waals surface area contributed by atoms with E-state index in [9.17, 15) is 0 Å². The van der Waals surface area contributed by atoms with E-state index >= 15 is 0 Å². The van der Waals surface area contributed by atoms with Crippen LogP contribution in [0.15, 0.2) is 60.7 Å². The summed E-state index contributed by atoms with van der Waals surface area (Å²) in [6, 6.07) is 20.7. The lowest BCUT2D eigenvalue weighted by atomic mass is 10.0. The summed E-state index contributed by atoms with van der Waals surface area (Å²) in [6.07, 6.45) is 2.19. The molecule has 0 fully saturated rings. The van der Waals surface area contributed by atoms with Gasteiger partial charge in [0.2, 0.25) is 0 Å². The van der Waals surface area contributed by atoms with Crippen molar-refractivity contribution in [3.05, 3.63) is 66.2 Å². The molecule has 1 atom stereocenters. The van der Waals surface area contributed by atoms with Crippen molar-refractivity contribution in [2.45, 2.75) is 32.7 Å². The minimum atomic E-state index is -0.138. The first-order valence-electron chi connectivity index (χ1n) is 9.64. The molecule has 0 aliphatic rings. The van der Waals surface area contributed by atoms with Gasteiger partial charge in [-0.05, 0) is 37.1 Å². The van der Waals surface area contributed by atoms with Crippen molar-refractivity contribution in [1.29, 1.82) is 0 Å². The summed E-state index contributed by atoms with van der Waals surface area (Å²) >= 11 is 0. The second kappa shape index (κ2) is 11.2. The topological polar surface area (TPSA) is 102 Å². The number of aliphatic hydroxyl groups is 1. The van der Waals surface area contributed by atoms with Crippen LogP contribution in [0.25, 0.3) is 16.9 Å². The maximum Gasteiger partial charge on any atom is 0.150 e. The molecule has 0 aliphatic heterocycles. The average Bonchev–Trinajstić information content (AvgIpc) is 3.14. The summed E-state index contributed by atoms with van der Waals surface area (Å²) in [5.74, 6) is 0.659. The van der Waals surface area contributed by atoms with Gasteiger partial charge in [-0.1, -0.05) is 49.7 Å². The lowest BCUT2D eigenvalue weighted by Gasteiger charge is -2.08. The monoisotopic (exact) mass is 381 g/mol. The molecule has 1 heterocycles. The maximum atomic E-state index is 9.11. The van der Waals surface area contributed by atoms with Crippen LogP contribution in [0.1, 0.15) is 25.8 Å². The van der Waals surface area contributed by atoms with Crippen molar-refractivity contribution in [1.82, 2.24) is 9.78 Å². The smallest absolute Gasteiger partial charge is 0.150 e. The van der Waals surface area contributed by atoms with E-state index in [2.05, 4.69) is 41.6 Å². The van der Waals surface area contributed by atoms with Crippen LogP contribution >= 0.6 is 0 Å². The normalized spacial score (nSPS) is 11.5. The van der Waals surface area contributed by atoms with Crippen LogP contribution in [0.5, 0.6) is 0 Å². The van der Waals surface area contributed by atoms with E-state index in [0.717, 1.165) is 29.8 Å². The predicted octanol–water partition coefficient (Wildman–Crippen LogP) is 3.15. The third kappa shape index (κ3) is 6.20. The minimum absolute atomic E-state index is 0.138. The lowest BCUT2D eigenvalue weighted by molar-refractivity contribution is 0.325. The molecule has 0 unspecified atom stereocenters. The Hall–Kier alpha value is -2.67. The molecule has 0 amide bonds. The molecule has 0 saturated carbocycles. The number of nitrogens with two attached hydrogens (primary N) is 2. The maximum absolute atomic E-state index is 9.11. The van der Waals surface area contributed by atoms with Crippen molar-refractivity contribution in [2.24, 2.45) is 11.5 Å². The number of anilines is 1. The van der Waals surface area contributed by atoms with Crippen molar-refractivity contribution >= 4 is 5.82 Å². The first-order valence-corrected chi connectivity index (χ1v) is 9.64. The molecule has 6 nitrogen and oxygen atoms in total. The van der Waals surface area contributed by atoms with Gasteiger partial charge in [-0.2, -0.15) is 0 Å². The highest BCUT2D eigenvalue weighted by Crippen LogP contribution is 2.27. The third-order valence-electron chi connectivity index (χ3n) is 4.10. The van der Waals surface area contributed by atoms with E-state index in [4.69, 9.17) is 16.6 Å². The van der Waals surface area contributed by atoms with Crippen molar-refractivity contribution in [2.75, 3.05) is 18.6 Å². The van der Waals surface area contributed by atoms with Gasteiger partial charge in [0.15, 0.2) is 5.82 Å². The number of aliphatic hydroxyl groups excluding tert-OH is 1. The molecule has 6 N–H and O–H groups in total. The predicted molar refractivity (Wildman–Crippen MR) is 116 cm³/mol. The first kappa shape index (κ1) is 21.6. The second-order valence-corrected chi connectivity index (χ2v) is 6.66. The van der Waals surface area contributed by atoms with Gasteiger partial charge in [0.25, 0.3) is 0 Å². The van der Waals surface area contributed by atoms with Gasteiger partial charge in [-0.3, -0.25) is 0 Å². The van der Waals surface area contributed by atoms with E-state index in [1.807, 2.05) is 48.0 Å². The van der Waals surface area contributed by atoms with E-state index in [-0.39, 0.29) is 12.8 Å². The molecule has 28 heavy (non-hydrogen) atoms. The molecule has 6 heteroatoms. The molecule has 2 aromatic carbocycles. The summed E-state index contributed by atoms with van der Waals surface area (Å²) in [5.41, 5.74) is 14.7. The number of hydrogen-bond acceptors (Lipinski definition) is 5. The first-order chi connectivity index (χ1) is 13.6. The number of rotatable bonds is 7. The summed E-state index contributed by atoms with van der Waals surface area (Å²) in [6.45, 7) is 4.51. The highest BCUT2D eigenvalue weighted by Gasteiger charge is 2.11. The Morgan fingerprint density at radius 1 is 1.11 bits per heavy atom. The van der Waals surface area contributed by atoms with Crippen molar-refractivity contribution in [3.8, 4) is 16.9 Å². The Morgan fingerprint density at radius 3 is 2.43 bits per heavy atom. The Labute approximate surface area is 167 Å². The van der Waals surface area contributed by atoms with Crippen LogP contribution in [0.3, 0.4) is 0 Å². The van der Waals surface area contributed by atoms with E-state index in [1.165, 1.54) is 5.56 Å². The zero-order valence-corrected chi connectivity index (χ0v) is 16.7. The fourth-order valence-electron chi connectivity index (χ4n) is 2.69. The number of para-hydroxylation sites is 1. The van der Waals surface area contributed by atoms with Gasteiger partial charge in [0, 0.05) is 24.2 Å². The molecule has 3 aromatic rings. The zero-order valence-electron chi connectivity index (χ0n) is 16.7. The average molecular weight is 382 g/mol. The molecule has 0 bridgehead atoms. The number of hydrogen-bond donors (Lipinski definition) is 4. The zero-order chi connectivity index (χ0) is 20.4. The Kier molecular flexibility index (Phi) is 8.68. The van der Waals surface area contributed by atoms with Crippen LogP contribution < -0.4 is 16.8 Å². The highest BCUT2D eigenvalue weighted by atomic mass is 16.3. The standard InChI is InChI=1S/C19H21N3O.C3H10N2/c1-2-7-15-8-6-9-16(12-15)18-13-19(20-14-23)21-22(18)17-10-4-3-5-11-17;1-3(5)2-4/h3-6,8-13,23H,2,7,14H2,1H3,(H,20,21);3H,2,4-5H2,1H3/t;3-/m.0/s1. The van der Waals surface area contributed by atoms with Gasteiger partial charge < -0.3 is 21.9 Å². The van der Waals surface area contributed by atoms with Crippen LogP contribution in [-0.4, -0.2) is 34.2 Å². The fraction of sp³-hybridized carbons (Fsp3) is 0.318. The molecule has 0 radical (unpaired) electrons. The van der Waals surface area contributed by atoms with E-state index in [1.54, 1.807) is 0 Å². The Morgan fingerprint density at radius 2 is 1.82 bits per heavy atom. The summed E-state index contributed by atoms with van der Waals surface area (Å²) < 4.78 is 1.91. The fourth-order valence-corrected chi connectivity index (χ4v) is 2.69. The van der Waals surface area contributed by atoms with Crippen LogP contribution in [0, 0.1) is 0 Å². The summed E-state index contributed by atoms with van der Waals surface area (Å²) in [4.78, 5) is 0. The third-order valence-corrected chi connectivity index (χ3v) is 4.10. The van der Waals surface area contributed by atoms with Crippen LogP contribution in [0.2, 0.25) is 0 Å². The Bertz CT molecular complexity index is 830. The number of nitrogens with one attached hydrogen (secondary N) is 1. The van der Waals surface area contributed by atoms with Gasteiger partial charge in [0.1, 0.15) is 6.73 Å². The molecule has 0 aliphatic carbocycles. The van der Waals surface area contributed by atoms with Crippen molar-refractivity contribution in [3.63, 3.8) is 0 Å². The van der Waals surface area contributed by atoms with Crippen LogP contribution in [-0.2, 0) is 6.42 Å². The number of aryl methyl sites for hydroxylation is 1. The molecule has 3 rings (SSSR count). The van der Waals surface area contributed by atoms with E-state index in [0.29, 0.717) is 12.4 Å². The molecule has 150 valence electrons. The number of aromatic nitrogens is 2. The quantitative estimate of drug-likeness (QED) is 0.471. The summed E-state index contributed by atoms with van der Waals surface area (Å²) in [7, 11) is 0. The van der Waals surface area contributed by atoms with Gasteiger partial charge in [0.05, 0.1) is 11.4 Å². The van der Waals surface area contributed by atoms with E-state index < -0.39 is 0 Å². The highest BCUT2D eigenvalue weighted by molar-refractivity contribution is 5.66. The van der Waals surface area contributed by atoms with Crippen molar-refractivity contribution < 1.29 is 5.11 Å². The molecular formula is C22H31N5O. The number of benzene rings is 2. The molecule has 0 saturated heterocycles. The van der Waals surface area contributed by atoms with Crippen LogP contribution in [0.4, 0.5) is 5.82 Å².